The molecule has 3 aliphatic heterocycles. The summed E-state index contributed by atoms with van der Waals surface area (Å²) in [5.74, 6) is -9.18. The highest BCUT2D eigenvalue weighted by molar-refractivity contribution is 9.12. The number of carbonyl (C=O) groups is 5. The van der Waals surface area contributed by atoms with Crippen molar-refractivity contribution < 1.29 is 58.2 Å². The zero-order valence-corrected chi connectivity index (χ0v) is 31.5. The first-order valence-electron chi connectivity index (χ1n) is 16.5. The first-order chi connectivity index (χ1) is 23.8. The van der Waals surface area contributed by atoms with Crippen LogP contribution in [0.4, 0.5) is 0 Å². The van der Waals surface area contributed by atoms with Gasteiger partial charge in [0.2, 0.25) is 11.6 Å². The summed E-state index contributed by atoms with van der Waals surface area (Å²) >= 11 is 3.12. The minimum atomic E-state index is -2.05. The van der Waals surface area contributed by atoms with Crippen molar-refractivity contribution in [3.05, 3.63) is 68.6 Å². The predicted molar refractivity (Wildman–Crippen MR) is 187 cm³/mol. The number of halogens is 1. The van der Waals surface area contributed by atoms with Gasteiger partial charge in [-0.05, 0) is 35.9 Å². The largest absolute Gasteiger partial charge is 0.507 e. The number of rotatable bonds is 2. The van der Waals surface area contributed by atoms with Gasteiger partial charge in [0.05, 0.1) is 45.7 Å². The quantitative estimate of drug-likeness (QED) is 0.311. The number of amides is 1. The molecule has 1 amide bonds. The average Bonchev–Trinajstić information content (AvgIpc) is 3.35. The van der Waals surface area contributed by atoms with Gasteiger partial charge in [-0.2, -0.15) is 0 Å². The lowest BCUT2D eigenvalue weighted by Crippen LogP contribution is -2.46. The van der Waals surface area contributed by atoms with E-state index in [1.54, 1.807) is 39.8 Å². The van der Waals surface area contributed by atoms with Crippen molar-refractivity contribution in [1.82, 2.24) is 5.32 Å². The molecule has 9 atom stereocenters. The Kier molecular flexibility index (Phi) is 11.9. The molecule has 0 saturated heterocycles. The van der Waals surface area contributed by atoms with Crippen LogP contribution in [0, 0.1) is 30.6 Å². The third-order valence-electron chi connectivity index (χ3n) is 9.90. The van der Waals surface area contributed by atoms with Crippen LogP contribution in [0.1, 0.15) is 85.1 Å². The number of aliphatic hydroxyl groups is 2. The zero-order valence-electron chi connectivity index (χ0n) is 29.9. The summed E-state index contributed by atoms with van der Waals surface area (Å²) in [6.07, 6.45) is 3.37. The molecule has 14 heteroatoms. The number of aromatic hydroxyl groups is 1. The molecule has 4 aliphatic rings. The number of hydrogen-bond acceptors (Lipinski definition) is 12. The number of allylic oxidation sites excluding steroid dienone is 4. The summed E-state index contributed by atoms with van der Waals surface area (Å²) in [6.45, 7) is 12.3. The van der Waals surface area contributed by atoms with Crippen molar-refractivity contribution in [3.63, 3.8) is 0 Å². The summed E-state index contributed by atoms with van der Waals surface area (Å²) in [5.41, 5.74) is -1.45. The molecule has 0 saturated carbocycles. The van der Waals surface area contributed by atoms with Gasteiger partial charge in [-0.1, -0.05) is 45.9 Å². The number of hydrogen-bond donors (Lipinski definition) is 4. The van der Waals surface area contributed by atoms with E-state index in [0.29, 0.717) is 0 Å². The van der Waals surface area contributed by atoms with E-state index in [4.69, 9.17) is 18.9 Å². The van der Waals surface area contributed by atoms with Gasteiger partial charge in [-0.3, -0.25) is 24.0 Å². The number of aliphatic hydroxyl groups excluding tert-OH is 2. The highest BCUT2D eigenvalue weighted by atomic mass is 79.9. The topological polar surface area (TPSA) is 195 Å². The smallest absolute Gasteiger partial charge is 0.312 e. The second-order valence-corrected chi connectivity index (χ2v) is 14.3. The lowest BCUT2D eigenvalue weighted by atomic mass is 9.78. The Morgan fingerprint density at radius 2 is 1.59 bits per heavy atom. The van der Waals surface area contributed by atoms with Gasteiger partial charge < -0.3 is 39.6 Å². The van der Waals surface area contributed by atoms with Gasteiger partial charge in [0.15, 0.2) is 0 Å². The van der Waals surface area contributed by atoms with Crippen LogP contribution in [0.2, 0.25) is 0 Å². The fraction of sp³-hybridized carbons (Fsp3) is 0.486. The van der Waals surface area contributed by atoms with Crippen LogP contribution < -0.4 is 10.1 Å². The van der Waals surface area contributed by atoms with E-state index in [9.17, 15) is 39.3 Å². The number of carbonyl (C=O) groups excluding carboxylic acids is 5. The van der Waals surface area contributed by atoms with Crippen molar-refractivity contribution >= 4 is 45.2 Å². The zero-order chi connectivity index (χ0) is 38.3. The first kappa shape index (κ1) is 39.7. The van der Waals surface area contributed by atoms with Crippen molar-refractivity contribution in [2.75, 3.05) is 7.11 Å². The number of nitrogens with one attached hydrogen (secondary N) is 1. The van der Waals surface area contributed by atoms with Gasteiger partial charge >= 0.3 is 11.8 Å². The number of Topliss-reactive ketones (excluding diaryl/α,β-unsaturated/α-hetero) is 3. The summed E-state index contributed by atoms with van der Waals surface area (Å²) in [6, 6.07) is 0. The van der Waals surface area contributed by atoms with E-state index < -0.39 is 106 Å². The molecular weight excluding hydrogens is 730 g/mol. The maximum atomic E-state index is 14.0. The highest BCUT2D eigenvalue weighted by Crippen LogP contribution is 2.49. The summed E-state index contributed by atoms with van der Waals surface area (Å²) in [4.78, 5) is 67.0. The van der Waals surface area contributed by atoms with E-state index in [1.807, 2.05) is 0 Å². The SMILES string of the molecule is COC1/C=C/OC2(C)Oc3c(C)c(O)c4c(c3C2=O)C(=O)C(Br)=C(NC(=O)/C(C)=C\C=C\C(C)C(O)C(C)C(O)C(C)C(OC(C)=O)C1C)C4=O. The number of phenols is 1. The van der Waals surface area contributed by atoms with E-state index in [2.05, 4.69) is 21.2 Å². The minimum absolute atomic E-state index is 0.00400. The van der Waals surface area contributed by atoms with Gasteiger partial charge in [0.25, 0.3) is 11.7 Å². The fourth-order valence-electron chi connectivity index (χ4n) is 6.66. The highest BCUT2D eigenvalue weighted by Gasteiger charge is 2.52. The Morgan fingerprint density at radius 1 is 0.941 bits per heavy atom. The van der Waals surface area contributed by atoms with E-state index in [1.165, 1.54) is 47.0 Å². The van der Waals surface area contributed by atoms with Gasteiger partial charge in [-0.15, -0.1) is 0 Å². The molecule has 13 nitrogen and oxygen atoms in total. The Hall–Kier alpha value is -4.11. The van der Waals surface area contributed by atoms with Crippen LogP contribution in [-0.4, -0.2) is 81.9 Å². The summed E-state index contributed by atoms with van der Waals surface area (Å²) in [7, 11) is 1.42. The van der Waals surface area contributed by atoms with Crippen LogP contribution >= 0.6 is 15.9 Å². The average molecular weight is 775 g/mol. The number of esters is 1. The molecule has 4 N–H and O–H groups in total. The standard InChI is InChI=1S/C37H44BrNO12/c1-15-11-10-12-16(2)36(47)39-27-26(38)31(44)23-24(32(27)45)30(43)20(6)34-25(23)35(46)37(8,51-34)49-14-13-22(48-9)17(3)33(50-21(7)40)19(5)29(42)18(4)28(15)41/h10-15,17-19,22,28-29,33,41-43H,1-9H3,(H,39,47)/b11-10+,14-13+,16-12-. The van der Waals surface area contributed by atoms with Crippen LogP contribution in [0.5, 0.6) is 11.5 Å². The van der Waals surface area contributed by atoms with Gasteiger partial charge in [-0.25, -0.2) is 0 Å². The fourth-order valence-corrected chi connectivity index (χ4v) is 7.13. The number of phenolic OH excluding ortho intramolecular Hbond substituents is 1. The normalized spacial score (nSPS) is 34.2. The third-order valence-corrected chi connectivity index (χ3v) is 10.7. The minimum Gasteiger partial charge on any atom is -0.507 e. The van der Waals surface area contributed by atoms with Crippen LogP contribution in [0.25, 0.3) is 0 Å². The molecular formula is C37H44BrNO12. The summed E-state index contributed by atoms with van der Waals surface area (Å²) < 4.78 is 22.8. The first-order valence-corrected chi connectivity index (χ1v) is 17.3. The number of ether oxygens (including phenoxy) is 4. The van der Waals surface area contributed by atoms with Crippen molar-refractivity contribution in [3.8, 4) is 11.5 Å². The van der Waals surface area contributed by atoms with Crippen molar-refractivity contribution in [2.45, 2.75) is 85.6 Å². The molecule has 51 heavy (non-hydrogen) atoms. The molecule has 1 aromatic carbocycles. The van der Waals surface area contributed by atoms with E-state index in [0.717, 1.165) is 6.26 Å². The molecule has 9 unspecified atom stereocenters. The molecule has 1 aliphatic carbocycles. The maximum Gasteiger partial charge on any atom is 0.312 e. The van der Waals surface area contributed by atoms with Crippen LogP contribution in [0.15, 0.2) is 46.3 Å². The molecule has 0 radical (unpaired) electrons. The lowest BCUT2D eigenvalue weighted by molar-refractivity contribution is -0.160. The maximum absolute atomic E-state index is 14.0. The van der Waals surface area contributed by atoms with Crippen molar-refractivity contribution in [1.29, 1.82) is 0 Å². The second kappa shape index (κ2) is 15.2. The molecule has 276 valence electrons. The molecule has 5 bridgehead atoms. The monoisotopic (exact) mass is 773 g/mol. The second-order valence-electron chi connectivity index (χ2n) is 13.5. The van der Waals surface area contributed by atoms with Crippen LogP contribution in [-0.2, 0) is 23.8 Å². The molecule has 5 rings (SSSR count). The molecule has 0 spiro atoms. The molecule has 0 aromatic heterocycles. The lowest BCUT2D eigenvalue weighted by Gasteiger charge is -2.38. The Bertz CT molecular complexity index is 1780. The number of ketones is 3. The Labute approximate surface area is 304 Å². The van der Waals surface area contributed by atoms with Crippen LogP contribution in [0.3, 0.4) is 0 Å². The molecule has 0 fully saturated rings. The number of methoxy groups -OCH3 is 1. The Morgan fingerprint density at radius 3 is 2.20 bits per heavy atom. The number of benzene rings is 1. The number of fused-ring (bicyclic) bond motifs is 14. The molecule has 3 heterocycles. The van der Waals surface area contributed by atoms with Crippen molar-refractivity contribution in [2.24, 2.45) is 23.7 Å². The van der Waals surface area contributed by atoms with E-state index >= 15 is 0 Å². The predicted octanol–water partition coefficient (Wildman–Crippen LogP) is 4.35. The Balaban J connectivity index is 1.86. The van der Waals surface area contributed by atoms with E-state index in [-0.39, 0.29) is 26.9 Å². The van der Waals surface area contributed by atoms with Gasteiger partial charge in [0, 0.05) is 55.8 Å². The third kappa shape index (κ3) is 7.32. The summed E-state index contributed by atoms with van der Waals surface area (Å²) in [5, 5.41) is 36.2. The van der Waals surface area contributed by atoms with Gasteiger partial charge in [0.1, 0.15) is 23.3 Å². The molecule has 1 aromatic rings.